The minimum Gasteiger partial charge on any atom is -0.297 e. The molecule has 9 heteroatoms. The Morgan fingerprint density at radius 3 is 2.73 bits per heavy atom. The number of thioether (sulfide) groups is 1. The van der Waals surface area contributed by atoms with Crippen molar-refractivity contribution in [1.29, 1.82) is 0 Å². The predicted octanol–water partition coefficient (Wildman–Crippen LogP) is 4.37. The number of hydrogen-bond acceptors (Lipinski definition) is 7. The van der Waals surface area contributed by atoms with E-state index in [0.29, 0.717) is 15.0 Å². The first kappa shape index (κ1) is 18.4. The Labute approximate surface area is 161 Å². The average Bonchev–Trinajstić information content (AvgIpc) is 3.30. The number of rotatable bonds is 7. The third-order valence-electron chi connectivity index (χ3n) is 3.07. The van der Waals surface area contributed by atoms with Crippen LogP contribution in [0.2, 0.25) is 0 Å². The molecule has 0 spiro atoms. The highest BCUT2D eigenvalue weighted by Gasteiger charge is 2.11. The topological polar surface area (TPSA) is 72.0 Å². The van der Waals surface area contributed by atoms with Gasteiger partial charge in [0.15, 0.2) is 10.1 Å². The van der Waals surface area contributed by atoms with Crippen LogP contribution in [-0.4, -0.2) is 27.6 Å². The van der Waals surface area contributed by atoms with E-state index in [0.717, 1.165) is 4.88 Å². The zero-order valence-corrected chi connectivity index (χ0v) is 15.7. The molecule has 0 aliphatic carbocycles. The molecule has 0 radical (unpaired) electrons. The zero-order valence-electron chi connectivity index (χ0n) is 13.2. The van der Waals surface area contributed by atoms with Crippen LogP contribution in [0.5, 0.6) is 0 Å². The number of Topliss-reactive ketones (excluding diaryl/α,β-unsaturated/α-hetero) is 1. The minimum atomic E-state index is -0.383. The first-order chi connectivity index (χ1) is 12.6. The maximum absolute atomic E-state index is 12.9. The number of aromatic nitrogens is 2. The molecule has 1 N–H and O–H groups in total. The van der Waals surface area contributed by atoms with Gasteiger partial charge < -0.3 is 0 Å². The molecule has 1 amide bonds. The number of carbonyl (C=O) groups is 2. The average molecular weight is 406 g/mol. The first-order valence-corrected chi connectivity index (χ1v) is 10.1. The molecule has 3 aromatic rings. The molecule has 3 rings (SSSR count). The van der Waals surface area contributed by atoms with Gasteiger partial charge in [0.05, 0.1) is 5.75 Å². The number of nitrogens with zero attached hydrogens (tertiary/aromatic N) is 2. The van der Waals surface area contributed by atoms with E-state index in [1.807, 2.05) is 17.5 Å². The molecule has 2 aromatic heterocycles. The second-order valence-corrected chi connectivity index (χ2v) is 8.11. The van der Waals surface area contributed by atoms with Crippen molar-refractivity contribution in [3.63, 3.8) is 0 Å². The quantitative estimate of drug-likeness (QED) is 0.274. The molecule has 0 atom stereocenters. The van der Waals surface area contributed by atoms with Crippen molar-refractivity contribution in [3.8, 4) is 0 Å². The number of halogens is 1. The fourth-order valence-corrected chi connectivity index (χ4v) is 4.12. The molecular formula is C17H12FN3O2S3. The Bertz CT molecular complexity index is 921. The summed E-state index contributed by atoms with van der Waals surface area (Å²) in [5.74, 6) is -0.651. The number of benzene rings is 1. The summed E-state index contributed by atoms with van der Waals surface area (Å²) < 4.78 is 13.4. The zero-order chi connectivity index (χ0) is 18.4. The number of thiophene rings is 1. The summed E-state index contributed by atoms with van der Waals surface area (Å²) in [6.07, 6.45) is 3.15. The SMILES string of the molecule is O=C(C=Cc1cccs1)Nc1nnc(SCC(=O)c2ccc(F)cc2)s1. The van der Waals surface area contributed by atoms with Gasteiger partial charge in [0.1, 0.15) is 5.82 Å². The lowest BCUT2D eigenvalue weighted by Crippen LogP contribution is -2.07. The highest BCUT2D eigenvalue weighted by Crippen LogP contribution is 2.26. The fourth-order valence-electron chi connectivity index (χ4n) is 1.86. The molecule has 0 aliphatic heterocycles. The van der Waals surface area contributed by atoms with Crippen LogP contribution in [0.25, 0.3) is 6.08 Å². The van der Waals surface area contributed by atoms with Crippen LogP contribution >= 0.6 is 34.4 Å². The van der Waals surface area contributed by atoms with Crippen LogP contribution in [0.15, 0.2) is 52.2 Å². The lowest BCUT2D eigenvalue weighted by Gasteiger charge is -1.98. The van der Waals surface area contributed by atoms with Crippen LogP contribution < -0.4 is 5.32 Å². The molecule has 1 aromatic carbocycles. The molecule has 132 valence electrons. The summed E-state index contributed by atoms with van der Waals surface area (Å²) in [5.41, 5.74) is 0.440. The monoisotopic (exact) mass is 405 g/mol. The molecule has 0 unspecified atom stereocenters. The number of carbonyl (C=O) groups excluding carboxylic acids is 2. The van der Waals surface area contributed by atoms with Crippen molar-refractivity contribution >= 4 is 57.3 Å². The van der Waals surface area contributed by atoms with Gasteiger partial charge >= 0.3 is 0 Å². The lowest BCUT2D eigenvalue weighted by molar-refractivity contribution is -0.111. The van der Waals surface area contributed by atoms with Crippen molar-refractivity contribution < 1.29 is 14.0 Å². The van der Waals surface area contributed by atoms with Crippen molar-refractivity contribution in [2.75, 3.05) is 11.1 Å². The van der Waals surface area contributed by atoms with E-state index in [4.69, 9.17) is 0 Å². The van der Waals surface area contributed by atoms with Crippen molar-refractivity contribution in [2.45, 2.75) is 4.34 Å². The van der Waals surface area contributed by atoms with Gasteiger partial charge in [0.25, 0.3) is 0 Å². The van der Waals surface area contributed by atoms with E-state index in [9.17, 15) is 14.0 Å². The standard InChI is InChI=1S/C17H12FN3O2S3/c18-12-5-3-11(4-6-12)14(22)10-25-17-21-20-16(26-17)19-15(23)8-7-13-2-1-9-24-13/h1-9H,10H2,(H,19,20,23). The number of nitrogens with one attached hydrogen (secondary N) is 1. The highest BCUT2D eigenvalue weighted by molar-refractivity contribution is 8.01. The Kier molecular flexibility index (Phi) is 6.26. The Balaban J connectivity index is 1.50. The maximum atomic E-state index is 12.9. The number of anilines is 1. The van der Waals surface area contributed by atoms with Gasteiger partial charge in [0.2, 0.25) is 11.0 Å². The third kappa shape index (κ3) is 5.32. The summed E-state index contributed by atoms with van der Waals surface area (Å²) in [6, 6.07) is 9.21. The van der Waals surface area contributed by atoms with Crippen LogP contribution in [0.1, 0.15) is 15.2 Å². The third-order valence-corrected chi connectivity index (χ3v) is 5.88. The molecular weight excluding hydrogens is 393 g/mol. The highest BCUT2D eigenvalue weighted by atomic mass is 32.2. The first-order valence-electron chi connectivity index (χ1n) is 7.38. The fraction of sp³-hybridized carbons (Fsp3) is 0.0588. The largest absolute Gasteiger partial charge is 0.297 e. The van der Waals surface area contributed by atoms with E-state index >= 15 is 0 Å². The molecule has 0 bridgehead atoms. The summed E-state index contributed by atoms with van der Waals surface area (Å²) in [6.45, 7) is 0. The minimum absolute atomic E-state index is 0.130. The summed E-state index contributed by atoms with van der Waals surface area (Å²) in [4.78, 5) is 24.9. The molecule has 0 aliphatic rings. The normalized spacial score (nSPS) is 11.0. The maximum Gasteiger partial charge on any atom is 0.250 e. The molecule has 5 nitrogen and oxygen atoms in total. The second-order valence-electron chi connectivity index (χ2n) is 4.93. The van der Waals surface area contributed by atoms with Gasteiger partial charge in [-0.15, -0.1) is 21.5 Å². The van der Waals surface area contributed by atoms with Crippen molar-refractivity contribution in [3.05, 3.63) is 64.1 Å². The summed E-state index contributed by atoms with van der Waals surface area (Å²) >= 11 is 3.95. The Morgan fingerprint density at radius 1 is 1.19 bits per heavy atom. The Morgan fingerprint density at radius 2 is 2.00 bits per heavy atom. The molecule has 0 saturated heterocycles. The van der Waals surface area contributed by atoms with E-state index < -0.39 is 0 Å². The van der Waals surface area contributed by atoms with E-state index in [1.165, 1.54) is 64.8 Å². The van der Waals surface area contributed by atoms with Gasteiger partial charge in [-0.1, -0.05) is 29.2 Å². The van der Waals surface area contributed by atoms with Crippen LogP contribution in [0.4, 0.5) is 9.52 Å². The molecule has 0 fully saturated rings. The van der Waals surface area contributed by atoms with E-state index in [-0.39, 0.29) is 23.3 Å². The van der Waals surface area contributed by atoms with Gasteiger partial charge in [-0.25, -0.2) is 4.39 Å². The van der Waals surface area contributed by atoms with Crippen LogP contribution in [-0.2, 0) is 4.79 Å². The summed E-state index contributed by atoms with van der Waals surface area (Å²) in [5, 5.41) is 12.8. The summed E-state index contributed by atoms with van der Waals surface area (Å²) in [7, 11) is 0. The number of hydrogen-bond donors (Lipinski definition) is 1. The second kappa shape index (κ2) is 8.84. The molecule has 26 heavy (non-hydrogen) atoms. The van der Waals surface area contributed by atoms with Crippen molar-refractivity contribution in [1.82, 2.24) is 10.2 Å². The van der Waals surface area contributed by atoms with Crippen molar-refractivity contribution in [2.24, 2.45) is 0 Å². The van der Waals surface area contributed by atoms with E-state index in [1.54, 1.807) is 6.08 Å². The predicted molar refractivity (Wildman–Crippen MR) is 103 cm³/mol. The smallest absolute Gasteiger partial charge is 0.250 e. The van der Waals surface area contributed by atoms with Gasteiger partial charge in [0, 0.05) is 16.5 Å². The molecule has 0 saturated carbocycles. The van der Waals surface area contributed by atoms with E-state index in [2.05, 4.69) is 15.5 Å². The van der Waals surface area contributed by atoms with Gasteiger partial charge in [-0.3, -0.25) is 14.9 Å². The van der Waals surface area contributed by atoms with Crippen LogP contribution in [0, 0.1) is 5.82 Å². The van der Waals surface area contributed by atoms with Crippen LogP contribution in [0.3, 0.4) is 0 Å². The Hall–Kier alpha value is -2.36. The number of ketones is 1. The number of amides is 1. The lowest BCUT2D eigenvalue weighted by atomic mass is 10.1. The molecule has 2 heterocycles. The van der Waals surface area contributed by atoms with Gasteiger partial charge in [-0.05, 0) is 41.8 Å². The van der Waals surface area contributed by atoms with Gasteiger partial charge in [-0.2, -0.15) is 0 Å².